The molecule has 3 fully saturated rings. The van der Waals surface area contributed by atoms with Gasteiger partial charge in [0.2, 0.25) is 0 Å². The number of nitrogens with zero attached hydrogens (tertiary/aromatic N) is 2. The van der Waals surface area contributed by atoms with Gasteiger partial charge in [-0.15, -0.1) is 0 Å². The molecule has 1 saturated carbocycles. The molecule has 0 aromatic carbocycles. The summed E-state index contributed by atoms with van der Waals surface area (Å²) in [7, 11) is 0. The normalized spacial score (nSPS) is 31.4. The lowest BCUT2D eigenvalue weighted by atomic mass is 9.82. The summed E-state index contributed by atoms with van der Waals surface area (Å²) in [5, 5.41) is 2.77. The second-order valence-corrected chi connectivity index (χ2v) is 9.82. The van der Waals surface area contributed by atoms with Crippen LogP contribution in [0.5, 0.6) is 0 Å². The second-order valence-electron chi connectivity index (χ2n) is 9.82. The van der Waals surface area contributed by atoms with Crippen LogP contribution in [-0.4, -0.2) is 60.4 Å². The fourth-order valence-electron chi connectivity index (χ4n) is 5.19. The summed E-state index contributed by atoms with van der Waals surface area (Å²) in [6, 6.07) is 0.164. The van der Waals surface area contributed by atoms with Crippen molar-refractivity contribution >= 4 is 11.8 Å². The first-order chi connectivity index (χ1) is 12.9. The van der Waals surface area contributed by atoms with Crippen LogP contribution in [0.2, 0.25) is 0 Å². The highest BCUT2D eigenvalue weighted by Crippen LogP contribution is 2.30. The van der Waals surface area contributed by atoms with Gasteiger partial charge in [-0.3, -0.25) is 9.59 Å². The molecular formula is C22H39N3O2. The zero-order chi connectivity index (χ0) is 19.4. The van der Waals surface area contributed by atoms with Gasteiger partial charge in [0.1, 0.15) is 0 Å². The maximum Gasteiger partial charge on any atom is 0.312 e. The molecular weight excluding hydrogens is 338 g/mol. The minimum absolute atomic E-state index is 0.164. The number of likely N-dealkylation sites (tertiary alicyclic amines) is 1. The minimum Gasteiger partial charge on any atom is -0.346 e. The number of piperidine rings is 1. The van der Waals surface area contributed by atoms with Gasteiger partial charge in [-0.05, 0) is 68.9 Å². The molecule has 2 saturated heterocycles. The molecule has 0 radical (unpaired) electrons. The van der Waals surface area contributed by atoms with E-state index in [2.05, 4.69) is 31.0 Å². The lowest BCUT2D eigenvalue weighted by molar-refractivity contribution is -0.151. The number of carbonyl (C=O) groups is 2. The maximum atomic E-state index is 12.4. The van der Waals surface area contributed by atoms with Gasteiger partial charge in [-0.25, -0.2) is 0 Å². The van der Waals surface area contributed by atoms with Gasteiger partial charge in [-0.2, -0.15) is 0 Å². The highest BCUT2D eigenvalue weighted by Gasteiger charge is 2.36. The van der Waals surface area contributed by atoms with Crippen LogP contribution >= 0.6 is 0 Å². The topological polar surface area (TPSA) is 52.7 Å². The molecule has 27 heavy (non-hydrogen) atoms. The van der Waals surface area contributed by atoms with Crippen molar-refractivity contribution in [1.82, 2.24) is 15.1 Å². The summed E-state index contributed by atoms with van der Waals surface area (Å²) in [5.41, 5.74) is 0. The van der Waals surface area contributed by atoms with E-state index in [1.165, 1.54) is 32.2 Å². The van der Waals surface area contributed by atoms with E-state index in [1.807, 2.05) is 4.90 Å². The highest BCUT2D eigenvalue weighted by molar-refractivity contribution is 6.35. The van der Waals surface area contributed by atoms with Crippen molar-refractivity contribution in [3.05, 3.63) is 0 Å². The first kappa shape index (κ1) is 20.6. The highest BCUT2D eigenvalue weighted by atomic mass is 16.2. The number of hydrogen-bond donors (Lipinski definition) is 1. The Morgan fingerprint density at radius 2 is 1.59 bits per heavy atom. The quantitative estimate of drug-likeness (QED) is 0.724. The largest absolute Gasteiger partial charge is 0.346 e. The Morgan fingerprint density at radius 1 is 0.963 bits per heavy atom. The van der Waals surface area contributed by atoms with Crippen molar-refractivity contribution in [3.63, 3.8) is 0 Å². The minimum atomic E-state index is -0.418. The molecule has 1 N–H and O–H groups in total. The molecule has 3 aliphatic rings. The molecule has 1 aliphatic carbocycles. The second kappa shape index (κ2) is 9.40. The van der Waals surface area contributed by atoms with E-state index in [0.717, 1.165) is 50.7 Å². The molecule has 0 aromatic rings. The molecule has 1 atom stereocenters. The van der Waals surface area contributed by atoms with Crippen molar-refractivity contribution in [2.24, 2.45) is 23.7 Å². The summed E-state index contributed by atoms with van der Waals surface area (Å²) < 4.78 is 0. The van der Waals surface area contributed by atoms with Crippen molar-refractivity contribution in [2.75, 3.05) is 32.7 Å². The number of nitrogens with one attached hydrogen (secondary N) is 1. The fourth-order valence-corrected chi connectivity index (χ4v) is 5.19. The van der Waals surface area contributed by atoms with E-state index >= 15 is 0 Å². The van der Waals surface area contributed by atoms with Gasteiger partial charge >= 0.3 is 11.8 Å². The summed E-state index contributed by atoms with van der Waals surface area (Å²) >= 11 is 0. The standard InChI is InChI=1S/C22H39N3O2/c1-16(2)12-20-13-23-21(26)22(27)25(20)15-19-8-10-24(11-9-19)14-18-6-4-17(3)5-7-18/h16-20H,4-15H2,1-3H3,(H,23,26)/t17?,18?,20-/m0/s1. The monoisotopic (exact) mass is 377 g/mol. The first-order valence-electron chi connectivity index (χ1n) is 11.2. The molecule has 0 spiro atoms. The Kier molecular flexibility index (Phi) is 7.18. The third kappa shape index (κ3) is 5.69. The molecule has 154 valence electrons. The van der Waals surface area contributed by atoms with E-state index < -0.39 is 5.91 Å². The zero-order valence-corrected chi connectivity index (χ0v) is 17.6. The van der Waals surface area contributed by atoms with Gasteiger partial charge in [0.15, 0.2) is 0 Å². The van der Waals surface area contributed by atoms with E-state index in [1.54, 1.807) is 0 Å². The molecule has 0 unspecified atom stereocenters. The Hall–Kier alpha value is -1.10. The summed E-state index contributed by atoms with van der Waals surface area (Å²) in [6.45, 7) is 11.7. The zero-order valence-electron chi connectivity index (χ0n) is 17.6. The lowest BCUT2D eigenvalue weighted by Gasteiger charge is -2.41. The summed E-state index contributed by atoms with van der Waals surface area (Å²) in [5.74, 6) is 2.15. The summed E-state index contributed by atoms with van der Waals surface area (Å²) in [4.78, 5) is 28.8. The molecule has 5 heteroatoms. The van der Waals surface area contributed by atoms with Gasteiger partial charge in [-0.1, -0.05) is 33.6 Å². The van der Waals surface area contributed by atoms with Crippen molar-refractivity contribution in [1.29, 1.82) is 0 Å². The van der Waals surface area contributed by atoms with Crippen LogP contribution in [0.3, 0.4) is 0 Å². The van der Waals surface area contributed by atoms with Crippen LogP contribution < -0.4 is 5.32 Å². The number of piperazine rings is 1. The number of carbonyl (C=O) groups excluding carboxylic acids is 2. The van der Waals surface area contributed by atoms with Crippen LogP contribution in [0.15, 0.2) is 0 Å². The van der Waals surface area contributed by atoms with Crippen LogP contribution in [0, 0.1) is 23.7 Å². The van der Waals surface area contributed by atoms with E-state index in [0.29, 0.717) is 18.4 Å². The van der Waals surface area contributed by atoms with Crippen LogP contribution in [-0.2, 0) is 9.59 Å². The Balaban J connectivity index is 1.46. The predicted octanol–water partition coefficient (Wildman–Crippen LogP) is 2.90. The molecule has 5 nitrogen and oxygen atoms in total. The van der Waals surface area contributed by atoms with Crippen molar-refractivity contribution in [3.8, 4) is 0 Å². The van der Waals surface area contributed by atoms with Crippen LogP contribution in [0.25, 0.3) is 0 Å². The number of hydrogen-bond acceptors (Lipinski definition) is 3. The molecule has 2 heterocycles. The van der Waals surface area contributed by atoms with Gasteiger partial charge in [0.05, 0.1) is 0 Å². The molecule has 2 aliphatic heterocycles. The lowest BCUT2D eigenvalue weighted by Crippen LogP contribution is -2.59. The molecule has 2 amide bonds. The first-order valence-corrected chi connectivity index (χ1v) is 11.2. The van der Waals surface area contributed by atoms with E-state index in [-0.39, 0.29) is 11.9 Å². The average Bonchev–Trinajstić information content (AvgIpc) is 2.64. The predicted molar refractivity (Wildman–Crippen MR) is 108 cm³/mol. The van der Waals surface area contributed by atoms with E-state index in [4.69, 9.17) is 0 Å². The SMILES string of the molecule is CC(C)C[C@H]1CNC(=O)C(=O)N1CC1CCN(CC2CCC(C)CC2)CC1. The number of amides is 2. The Bertz CT molecular complexity index is 506. The Labute approximate surface area is 165 Å². The number of rotatable bonds is 6. The Morgan fingerprint density at radius 3 is 2.22 bits per heavy atom. The van der Waals surface area contributed by atoms with E-state index in [9.17, 15) is 9.59 Å². The third-order valence-corrected chi connectivity index (χ3v) is 6.95. The smallest absolute Gasteiger partial charge is 0.312 e. The fraction of sp³-hybridized carbons (Fsp3) is 0.909. The van der Waals surface area contributed by atoms with Crippen LogP contribution in [0.4, 0.5) is 0 Å². The van der Waals surface area contributed by atoms with Crippen molar-refractivity contribution < 1.29 is 9.59 Å². The summed E-state index contributed by atoms with van der Waals surface area (Å²) in [6.07, 6.45) is 8.87. The van der Waals surface area contributed by atoms with Crippen LogP contribution in [0.1, 0.15) is 65.7 Å². The van der Waals surface area contributed by atoms with Gasteiger partial charge in [0.25, 0.3) is 0 Å². The average molecular weight is 378 g/mol. The molecule has 0 aromatic heterocycles. The van der Waals surface area contributed by atoms with Gasteiger partial charge < -0.3 is 15.1 Å². The molecule has 0 bridgehead atoms. The maximum absolute atomic E-state index is 12.4. The molecule has 3 rings (SSSR count). The third-order valence-electron chi connectivity index (χ3n) is 6.95. The van der Waals surface area contributed by atoms with Crippen molar-refractivity contribution in [2.45, 2.75) is 71.8 Å². The van der Waals surface area contributed by atoms with Gasteiger partial charge in [0, 0.05) is 25.7 Å².